The molecular weight excluding hydrogens is 370 g/mol. The standard InChI is InChI=1S/C21H19N5OS/c1-14-10-15(2)20-18(11-14)28-21(23-20)22-19(27)9-8-17-13-26(25-24-17)12-16-6-4-3-5-7-16/h3-11,13H,12H2,1-2H3,(H,22,23,27)/b9-8+. The molecule has 0 spiro atoms. The lowest BCUT2D eigenvalue weighted by Crippen LogP contribution is -2.07. The summed E-state index contributed by atoms with van der Waals surface area (Å²) >= 11 is 1.47. The molecule has 0 saturated carbocycles. The first-order chi connectivity index (χ1) is 13.6. The summed E-state index contributed by atoms with van der Waals surface area (Å²) in [5.41, 5.74) is 4.99. The highest BCUT2D eigenvalue weighted by Crippen LogP contribution is 2.29. The smallest absolute Gasteiger partial charge is 0.250 e. The number of fused-ring (bicyclic) bond motifs is 1. The molecule has 2 aromatic carbocycles. The van der Waals surface area contributed by atoms with Crippen LogP contribution in [0.2, 0.25) is 0 Å². The molecule has 2 heterocycles. The Hall–Kier alpha value is -3.32. The van der Waals surface area contributed by atoms with E-state index in [0.29, 0.717) is 17.4 Å². The molecule has 0 fully saturated rings. The minimum atomic E-state index is -0.244. The number of anilines is 1. The molecule has 6 nitrogen and oxygen atoms in total. The van der Waals surface area contributed by atoms with E-state index in [0.717, 1.165) is 21.3 Å². The van der Waals surface area contributed by atoms with Crippen molar-refractivity contribution in [1.82, 2.24) is 20.0 Å². The largest absolute Gasteiger partial charge is 0.298 e. The number of hydrogen-bond acceptors (Lipinski definition) is 5. The number of thiazole rings is 1. The van der Waals surface area contributed by atoms with Gasteiger partial charge in [-0.25, -0.2) is 9.67 Å². The summed E-state index contributed by atoms with van der Waals surface area (Å²) in [5.74, 6) is -0.244. The van der Waals surface area contributed by atoms with E-state index in [9.17, 15) is 4.79 Å². The van der Waals surface area contributed by atoms with Crippen molar-refractivity contribution < 1.29 is 4.79 Å². The Morgan fingerprint density at radius 1 is 1.21 bits per heavy atom. The predicted octanol–water partition coefficient (Wildman–Crippen LogP) is 4.20. The third-order valence-corrected chi connectivity index (χ3v) is 5.13. The average molecular weight is 389 g/mol. The van der Waals surface area contributed by atoms with Gasteiger partial charge in [-0.3, -0.25) is 10.1 Å². The maximum Gasteiger partial charge on any atom is 0.250 e. The molecule has 2 aromatic heterocycles. The quantitative estimate of drug-likeness (QED) is 0.519. The predicted molar refractivity (Wildman–Crippen MR) is 112 cm³/mol. The topological polar surface area (TPSA) is 72.7 Å². The highest BCUT2D eigenvalue weighted by molar-refractivity contribution is 7.22. The Labute approximate surface area is 166 Å². The summed E-state index contributed by atoms with van der Waals surface area (Å²) in [6.07, 6.45) is 4.90. The fraction of sp³-hybridized carbons (Fsp3) is 0.143. The zero-order chi connectivity index (χ0) is 19.5. The number of rotatable bonds is 5. The lowest BCUT2D eigenvalue weighted by atomic mass is 10.1. The van der Waals surface area contributed by atoms with Crippen molar-refractivity contribution in [2.45, 2.75) is 20.4 Å². The number of aromatic nitrogens is 4. The third-order valence-electron chi connectivity index (χ3n) is 4.21. The summed E-state index contributed by atoms with van der Waals surface area (Å²) in [4.78, 5) is 16.7. The Kier molecular flexibility index (Phi) is 4.99. The van der Waals surface area contributed by atoms with E-state index in [2.05, 4.69) is 39.7 Å². The third kappa shape index (κ3) is 4.15. The van der Waals surface area contributed by atoms with E-state index < -0.39 is 0 Å². The van der Waals surface area contributed by atoms with Crippen molar-refractivity contribution in [3.63, 3.8) is 0 Å². The van der Waals surface area contributed by atoms with Crippen LogP contribution in [-0.4, -0.2) is 25.9 Å². The zero-order valence-corrected chi connectivity index (χ0v) is 16.4. The van der Waals surface area contributed by atoms with Gasteiger partial charge in [-0.05, 0) is 42.7 Å². The summed E-state index contributed by atoms with van der Waals surface area (Å²) in [7, 11) is 0. The van der Waals surface area contributed by atoms with Crippen LogP contribution in [0, 0.1) is 13.8 Å². The first kappa shape index (κ1) is 18.1. The molecule has 0 saturated heterocycles. The van der Waals surface area contributed by atoms with Crippen LogP contribution in [0.15, 0.2) is 54.7 Å². The maximum absolute atomic E-state index is 12.2. The second-order valence-electron chi connectivity index (χ2n) is 6.60. The van der Waals surface area contributed by atoms with Crippen LogP contribution in [0.25, 0.3) is 16.3 Å². The van der Waals surface area contributed by atoms with E-state index in [1.54, 1.807) is 17.0 Å². The molecule has 0 radical (unpaired) electrons. The number of nitrogens with one attached hydrogen (secondary N) is 1. The van der Waals surface area contributed by atoms with Crippen molar-refractivity contribution >= 4 is 38.7 Å². The number of carbonyl (C=O) groups is 1. The van der Waals surface area contributed by atoms with E-state index in [1.165, 1.54) is 23.0 Å². The van der Waals surface area contributed by atoms with Crippen LogP contribution >= 0.6 is 11.3 Å². The molecular formula is C21H19N5OS. The summed E-state index contributed by atoms with van der Waals surface area (Å²) in [6, 6.07) is 14.2. The molecule has 0 bridgehead atoms. The van der Waals surface area contributed by atoms with Crippen molar-refractivity contribution in [3.05, 3.63) is 77.1 Å². The van der Waals surface area contributed by atoms with E-state index in [1.807, 2.05) is 37.3 Å². The number of amides is 1. The van der Waals surface area contributed by atoms with Crippen LogP contribution in [0.4, 0.5) is 5.13 Å². The molecule has 7 heteroatoms. The second-order valence-corrected chi connectivity index (χ2v) is 7.63. The molecule has 0 unspecified atom stereocenters. The SMILES string of the molecule is Cc1cc(C)c2nc(NC(=O)/C=C/c3cn(Cc4ccccc4)nn3)sc2c1. The normalized spacial score (nSPS) is 11.4. The monoisotopic (exact) mass is 389 g/mol. The minimum Gasteiger partial charge on any atom is -0.298 e. The summed E-state index contributed by atoms with van der Waals surface area (Å²) in [6.45, 7) is 4.72. The number of aryl methyl sites for hydroxylation is 2. The molecule has 28 heavy (non-hydrogen) atoms. The molecule has 0 aliphatic carbocycles. The summed E-state index contributed by atoms with van der Waals surface area (Å²) < 4.78 is 2.81. The van der Waals surface area contributed by atoms with Gasteiger partial charge in [0.05, 0.1) is 23.0 Å². The van der Waals surface area contributed by atoms with Gasteiger partial charge in [-0.15, -0.1) is 5.10 Å². The van der Waals surface area contributed by atoms with Gasteiger partial charge in [0.25, 0.3) is 0 Å². The van der Waals surface area contributed by atoms with Gasteiger partial charge in [0.15, 0.2) is 5.13 Å². The molecule has 1 amide bonds. The second kappa shape index (κ2) is 7.74. The molecule has 4 rings (SSSR count). The first-order valence-corrected chi connectivity index (χ1v) is 9.69. The molecule has 0 aliphatic rings. The van der Waals surface area contributed by atoms with Gasteiger partial charge in [-0.1, -0.05) is 52.9 Å². The van der Waals surface area contributed by atoms with E-state index >= 15 is 0 Å². The van der Waals surface area contributed by atoms with Gasteiger partial charge in [-0.2, -0.15) is 0 Å². The van der Waals surface area contributed by atoms with Gasteiger partial charge in [0.2, 0.25) is 5.91 Å². The Balaban J connectivity index is 1.41. The summed E-state index contributed by atoms with van der Waals surface area (Å²) in [5, 5.41) is 11.6. The van der Waals surface area contributed by atoms with E-state index in [-0.39, 0.29) is 5.91 Å². The van der Waals surface area contributed by atoms with Crippen LogP contribution in [-0.2, 0) is 11.3 Å². The Morgan fingerprint density at radius 3 is 2.86 bits per heavy atom. The minimum absolute atomic E-state index is 0.244. The Bertz CT molecular complexity index is 1160. The lowest BCUT2D eigenvalue weighted by molar-refractivity contribution is -0.111. The fourth-order valence-corrected chi connectivity index (χ4v) is 4.01. The molecule has 0 atom stereocenters. The Morgan fingerprint density at radius 2 is 2.04 bits per heavy atom. The fourth-order valence-electron chi connectivity index (χ4n) is 2.97. The maximum atomic E-state index is 12.2. The number of carbonyl (C=O) groups excluding carboxylic acids is 1. The highest BCUT2D eigenvalue weighted by atomic mass is 32.1. The van der Waals surface area contributed by atoms with Gasteiger partial charge in [0, 0.05) is 6.08 Å². The molecule has 0 aliphatic heterocycles. The number of benzene rings is 2. The number of nitrogens with zero attached hydrogens (tertiary/aromatic N) is 4. The zero-order valence-electron chi connectivity index (χ0n) is 15.6. The van der Waals surface area contributed by atoms with Crippen LogP contribution < -0.4 is 5.32 Å². The van der Waals surface area contributed by atoms with Gasteiger partial charge in [0.1, 0.15) is 5.69 Å². The van der Waals surface area contributed by atoms with Crippen LogP contribution in [0.3, 0.4) is 0 Å². The van der Waals surface area contributed by atoms with Crippen LogP contribution in [0.1, 0.15) is 22.4 Å². The van der Waals surface area contributed by atoms with E-state index in [4.69, 9.17) is 0 Å². The highest BCUT2D eigenvalue weighted by Gasteiger charge is 2.09. The van der Waals surface area contributed by atoms with Gasteiger partial charge < -0.3 is 0 Å². The van der Waals surface area contributed by atoms with Crippen molar-refractivity contribution in [1.29, 1.82) is 0 Å². The van der Waals surface area contributed by atoms with Crippen molar-refractivity contribution in [2.75, 3.05) is 5.32 Å². The molecule has 4 aromatic rings. The first-order valence-electron chi connectivity index (χ1n) is 8.88. The van der Waals surface area contributed by atoms with Crippen molar-refractivity contribution in [3.8, 4) is 0 Å². The van der Waals surface area contributed by atoms with Crippen molar-refractivity contribution in [2.24, 2.45) is 0 Å². The molecule has 1 N–H and O–H groups in total. The molecule has 140 valence electrons. The average Bonchev–Trinajstić information content (AvgIpc) is 3.27. The van der Waals surface area contributed by atoms with Gasteiger partial charge >= 0.3 is 0 Å². The number of hydrogen-bond donors (Lipinski definition) is 1. The van der Waals surface area contributed by atoms with Crippen LogP contribution in [0.5, 0.6) is 0 Å². The lowest BCUT2D eigenvalue weighted by Gasteiger charge is -1.98.